The molecule has 0 saturated carbocycles. The molecule has 1 atom stereocenters. The summed E-state index contributed by atoms with van der Waals surface area (Å²) >= 11 is 0. The predicted octanol–water partition coefficient (Wildman–Crippen LogP) is 1.28. The second-order valence-electron chi connectivity index (χ2n) is 5.06. The second-order valence-corrected chi connectivity index (χ2v) is 5.06. The van der Waals surface area contributed by atoms with Gasteiger partial charge in [0.15, 0.2) is 0 Å². The van der Waals surface area contributed by atoms with Crippen LogP contribution in [0.2, 0.25) is 0 Å². The fourth-order valence-electron chi connectivity index (χ4n) is 1.98. The summed E-state index contributed by atoms with van der Waals surface area (Å²) in [5.41, 5.74) is -0.645. The number of likely N-dealkylation sites (N-methyl/N-ethyl adjacent to an activating group) is 1. The van der Waals surface area contributed by atoms with E-state index in [1.54, 1.807) is 7.11 Å². The molecule has 1 unspecified atom stereocenters. The lowest BCUT2D eigenvalue weighted by Gasteiger charge is -2.32. The molecule has 0 radical (unpaired) electrons. The highest BCUT2D eigenvalue weighted by Gasteiger charge is 2.35. The van der Waals surface area contributed by atoms with Gasteiger partial charge in [-0.25, -0.2) is 0 Å². The van der Waals surface area contributed by atoms with Crippen LogP contribution < -0.4 is 5.32 Å². The van der Waals surface area contributed by atoms with Crippen molar-refractivity contribution in [3.05, 3.63) is 0 Å². The van der Waals surface area contributed by atoms with Crippen LogP contribution in [0.1, 0.15) is 33.6 Å². The zero-order valence-electron chi connectivity index (χ0n) is 13.1. The van der Waals surface area contributed by atoms with E-state index >= 15 is 0 Å². The number of carbonyl (C=O) groups excluding carboxylic acids is 1. The van der Waals surface area contributed by atoms with Gasteiger partial charge >= 0.3 is 5.97 Å². The minimum atomic E-state index is -0.645. The standard InChI is InChI=1S/C14H30N2O3/c1-6-9-15-14(3,13(17)19-7-2)12-16(4)10-8-11-18-5/h15H,6-12H2,1-5H3. The molecule has 0 aliphatic heterocycles. The molecule has 0 bridgehead atoms. The zero-order chi connectivity index (χ0) is 14.7. The average molecular weight is 274 g/mol. The first kappa shape index (κ1) is 18.4. The molecule has 0 aromatic rings. The summed E-state index contributed by atoms with van der Waals surface area (Å²) in [5, 5.41) is 3.30. The lowest BCUT2D eigenvalue weighted by Crippen LogP contribution is -2.57. The van der Waals surface area contributed by atoms with Crippen LogP contribution in [0.15, 0.2) is 0 Å². The first-order valence-electron chi connectivity index (χ1n) is 7.09. The van der Waals surface area contributed by atoms with Gasteiger partial charge in [-0.2, -0.15) is 0 Å². The van der Waals surface area contributed by atoms with Crippen molar-refractivity contribution < 1.29 is 14.3 Å². The molecule has 5 nitrogen and oxygen atoms in total. The molecule has 1 N–H and O–H groups in total. The van der Waals surface area contributed by atoms with Gasteiger partial charge in [0.25, 0.3) is 0 Å². The average Bonchev–Trinajstić information content (AvgIpc) is 2.37. The second kappa shape index (κ2) is 10.2. The van der Waals surface area contributed by atoms with Crippen LogP contribution in [-0.2, 0) is 14.3 Å². The number of carbonyl (C=O) groups is 1. The number of hydrogen-bond acceptors (Lipinski definition) is 5. The van der Waals surface area contributed by atoms with E-state index in [1.807, 2.05) is 20.9 Å². The molecule has 0 aliphatic rings. The van der Waals surface area contributed by atoms with Crippen molar-refractivity contribution in [3.63, 3.8) is 0 Å². The molecule has 0 aromatic heterocycles. The first-order chi connectivity index (χ1) is 9.00. The summed E-state index contributed by atoms with van der Waals surface area (Å²) in [6.45, 7) is 9.32. The monoisotopic (exact) mass is 274 g/mol. The largest absolute Gasteiger partial charge is 0.465 e. The number of nitrogens with zero attached hydrogens (tertiary/aromatic N) is 1. The predicted molar refractivity (Wildman–Crippen MR) is 77.3 cm³/mol. The number of esters is 1. The third kappa shape index (κ3) is 7.50. The van der Waals surface area contributed by atoms with Crippen molar-refractivity contribution in [2.75, 3.05) is 47.0 Å². The van der Waals surface area contributed by atoms with Gasteiger partial charge < -0.3 is 19.7 Å². The SMILES string of the molecule is CCCNC(C)(CN(C)CCCOC)C(=O)OCC. The Balaban J connectivity index is 4.43. The van der Waals surface area contributed by atoms with E-state index in [4.69, 9.17) is 9.47 Å². The highest BCUT2D eigenvalue weighted by molar-refractivity contribution is 5.80. The molecule has 0 aliphatic carbocycles. The summed E-state index contributed by atoms with van der Waals surface area (Å²) in [6.07, 6.45) is 1.95. The molecule has 0 heterocycles. The minimum Gasteiger partial charge on any atom is -0.465 e. The van der Waals surface area contributed by atoms with Crippen LogP contribution >= 0.6 is 0 Å². The highest BCUT2D eigenvalue weighted by atomic mass is 16.5. The summed E-state index contributed by atoms with van der Waals surface area (Å²) in [5.74, 6) is -0.179. The van der Waals surface area contributed by atoms with E-state index in [-0.39, 0.29) is 5.97 Å². The number of ether oxygens (including phenoxy) is 2. The van der Waals surface area contributed by atoms with Gasteiger partial charge in [-0.15, -0.1) is 0 Å². The van der Waals surface area contributed by atoms with Gasteiger partial charge in [-0.1, -0.05) is 6.92 Å². The maximum Gasteiger partial charge on any atom is 0.327 e. The zero-order valence-corrected chi connectivity index (χ0v) is 13.1. The summed E-state index contributed by atoms with van der Waals surface area (Å²) in [4.78, 5) is 14.2. The summed E-state index contributed by atoms with van der Waals surface area (Å²) < 4.78 is 10.2. The minimum absolute atomic E-state index is 0.179. The topological polar surface area (TPSA) is 50.8 Å². The van der Waals surface area contributed by atoms with Crippen LogP contribution in [0, 0.1) is 0 Å². The quantitative estimate of drug-likeness (QED) is 0.454. The molecule has 0 amide bonds. The Morgan fingerprint density at radius 2 is 2.05 bits per heavy atom. The van der Waals surface area contributed by atoms with Crippen LogP contribution in [0.25, 0.3) is 0 Å². The molecular formula is C14H30N2O3. The number of nitrogens with one attached hydrogen (secondary N) is 1. The Kier molecular flexibility index (Phi) is 9.83. The van der Waals surface area contributed by atoms with Gasteiger partial charge in [0.1, 0.15) is 5.54 Å². The Hall–Kier alpha value is -0.650. The van der Waals surface area contributed by atoms with Gasteiger partial charge in [-0.05, 0) is 40.3 Å². The van der Waals surface area contributed by atoms with Crippen molar-refractivity contribution in [1.82, 2.24) is 10.2 Å². The van der Waals surface area contributed by atoms with Crippen molar-refractivity contribution in [2.24, 2.45) is 0 Å². The normalized spacial score (nSPS) is 14.4. The fourth-order valence-corrected chi connectivity index (χ4v) is 1.98. The Bertz CT molecular complexity index is 249. The maximum absolute atomic E-state index is 12.1. The third-order valence-corrected chi connectivity index (χ3v) is 2.97. The molecule has 5 heteroatoms. The van der Waals surface area contributed by atoms with Crippen molar-refractivity contribution in [3.8, 4) is 0 Å². The third-order valence-electron chi connectivity index (χ3n) is 2.97. The highest BCUT2D eigenvalue weighted by Crippen LogP contribution is 2.09. The van der Waals surface area contributed by atoms with E-state index in [9.17, 15) is 4.79 Å². The first-order valence-corrected chi connectivity index (χ1v) is 7.09. The van der Waals surface area contributed by atoms with Crippen LogP contribution in [0.4, 0.5) is 0 Å². The van der Waals surface area contributed by atoms with Gasteiger partial charge in [0.05, 0.1) is 6.61 Å². The van der Waals surface area contributed by atoms with E-state index in [1.165, 1.54) is 0 Å². The van der Waals surface area contributed by atoms with Crippen LogP contribution in [-0.4, -0.2) is 63.4 Å². The van der Waals surface area contributed by atoms with E-state index in [0.29, 0.717) is 13.2 Å². The smallest absolute Gasteiger partial charge is 0.327 e. The van der Waals surface area contributed by atoms with Gasteiger partial charge in [-0.3, -0.25) is 4.79 Å². The van der Waals surface area contributed by atoms with E-state index in [0.717, 1.165) is 32.5 Å². The number of rotatable bonds is 11. The van der Waals surface area contributed by atoms with Crippen LogP contribution in [0.5, 0.6) is 0 Å². The van der Waals surface area contributed by atoms with Gasteiger partial charge in [0.2, 0.25) is 0 Å². The van der Waals surface area contributed by atoms with Crippen molar-refractivity contribution in [1.29, 1.82) is 0 Å². The number of hydrogen-bond donors (Lipinski definition) is 1. The summed E-state index contributed by atoms with van der Waals surface area (Å²) in [7, 11) is 3.71. The van der Waals surface area contributed by atoms with E-state index in [2.05, 4.69) is 17.1 Å². The Labute approximate surface area is 117 Å². The van der Waals surface area contributed by atoms with E-state index < -0.39 is 5.54 Å². The molecule has 114 valence electrons. The lowest BCUT2D eigenvalue weighted by molar-refractivity contribution is -0.151. The van der Waals surface area contributed by atoms with Gasteiger partial charge in [0, 0.05) is 26.8 Å². The molecule has 0 saturated heterocycles. The number of methoxy groups -OCH3 is 1. The molecular weight excluding hydrogens is 244 g/mol. The molecule has 0 rings (SSSR count). The molecule has 0 aromatic carbocycles. The molecule has 0 fully saturated rings. The molecule has 0 spiro atoms. The Morgan fingerprint density at radius 1 is 1.37 bits per heavy atom. The molecule has 19 heavy (non-hydrogen) atoms. The van der Waals surface area contributed by atoms with Crippen LogP contribution in [0.3, 0.4) is 0 Å². The maximum atomic E-state index is 12.1. The fraction of sp³-hybridized carbons (Fsp3) is 0.929. The lowest BCUT2D eigenvalue weighted by atomic mass is 10.0. The summed E-state index contributed by atoms with van der Waals surface area (Å²) in [6, 6.07) is 0. The van der Waals surface area contributed by atoms with Crippen molar-refractivity contribution in [2.45, 2.75) is 39.2 Å². The van der Waals surface area contributed by atoms with Crippen molar-refractivity contribution >= 4 is 5.97 Å². The Morgan fingerprint density at radius 3 is 2.58 bits per heavy atom.